The molecule has 152 valence electrons. The highest BCUT2D eigenvalue weighted by Gasteiger charge is 2.06. The van der Waals surface area contributed by atoms with E-state index in [1.807, 2.05) is 37.3 Å². The van der Waals surface area contributed by atoms with E-state index in [9.17, 15) is 0 Å². The summed E-state index contributed by atoms with van der Waals surface area (Å²) in [4.78, 5) is 8.53. The van der Waals surface area contributed by atoms with Gasteiger partial charge in [0.2, 0.25) is 5.88 Å². The first-order valence-corrected chi connectivity index (χ1v) is 9.35. The van der Waals surface area contributed by atoms with Gasteiger partial charge < -0.3 is 24.8 Å². The van der Waals surface area contributed by atoms with Crippen molar-refractivity contribution in [1.29, 1.82) is 0 Å². The van der Waals surface area contributed by atoms with E-state index in [4.69, 9.17) is 14.2 Å². The number of rotatable bonds is 10. The third-order valence-corrected chi connectivity index (χ3v) is 3.90. The quantitative estimate of drug-likeness (QED) is 0.371. The number of benzene rings is 1. The zero-order valence-electron chi connectivity index (χ0n) is 17.1. The Balaban J connectivity index is 1.73. The van der Waals surface area contributed by atoms with Crippen LogP contribution in [0.5, 0.6) is 11.6 Å². The number of aromatic nitrogens is 1. The van der Waals surface area contributed by atoms with Gasteiger partial charge in [-0.2, -0.15) is 0 Å². The first kappa shape index (κ1) is 21.5. The lowest BCUT2D eigenvalue weighted by molar-refractivity contribution is 0.143. The van der Waals surface area contributed by atoms with Gasteiger partial charge in [0.25, 0.3) is 0 Å². The zero-order valence-corrected chi connectivity index (χ0v) is 17.1. The summed E-state index contributed by atoms with van der Waals surface area (Å²) >= 11 is 0. The Labute approximate surface area is 167 Å². The Morgan fingerprint density at radius 1 is 1.18 bits per heavy atom. The van der Waals surface area contributed by atoms with Crippen LogP contribution in [-0.4, -0.2) is 51.0 Å². The number of ether oxygens (including phenoxy) is 3. The molecule has 0 spiro atoms. The maximum absolute atomic E-state index is 5.93. The van der Waals surface area contributed by atoms with Crippen molar-refractivity contribution in [3.8, 4) is 11.6 Å². The second-order valence-corrected chi connectivity index (χ2v) is 6.40. The summed E-state index contributed by atoms with van der Waals surface area (Å²) in [6.07, 6.45) is 1.79. The molecule has 2 aromatic rings. The summed E-state index contributed by atoms with van der Waals surface area (Å²) in [6, 6.07) is 11.9. The van der Waals surface area contributed by atoms with Crippen molar-refractivity contribution in [3.63, 3.8) is 0 Å². The molecule has 1 aromatic heterocycles. The Hall–Kier alpha value is -2.80. The summed E-state index contributed by atoms with van der Waals surface area (Å²) in [5, 5.41) is 6.54. The first-order valence-electron chi connectivity index (χ1n) is 9.35. The standard InChI is InChI=1S/C21H30N4O3/c1-16-6-5-7-19(12-16)28-17(2)13-24-21(22-3)25-15-18-8-9-20(23-14-18)27-11-10-26-4/h5-9,12,14,17H,10-11,13,15H2,1-4H3,(H2,22,24,25). The maximum Gasteiger partial charge on any atom is 0.213 e. The largest absolute Gasteiger partial charge is 0.489 e. The van der Waals surface area contributed by atoms with Gasteiger partial charge in [-0.15, -0.1) is 0 Å². The average Bonchev–Trinajstić information content (AvgIpc) is 2.69. The molecule has 2 rings (SSSR count). The lowest BCUT2D eigenvalue weighted by Crippen LogP contribution is -2.41. The van der Waals surface area contributed by atoms with Crippen molar-refractivity contribution in [2.24, 2.45) is 4.99 Å². The molecule has 0 aliphatic carbocycles. The topological polar surface area (TPSA) is 77.0 Å². The van der Waals surface area contributed by atoms with Gasteiger partial charge in [-0.05, 0) is 37.1 Å². The van der Waals surface area contributed by atoms with Gasteiger partial charge in [0.15, 0.2) is 5.96 Å². The zero-order chi connectivity index (χ0) is 20.2. The lowest BCUT2D eigenvalue weighted by Gasteiger charge is -2.18. The number of pyridine rings is 1. The summed E-state index contributed by atoms with van der Waals surface area (Å²) in [6.45, 7) is 6.35. The van der Waals surface area contributed by atoms with E-state index in [1.165, 1.54) is 5.56 Å². The van der Waals surface area contributed by atoms with Crippen LogP contribution in [0.1, 0.15) is 18.1 Å². The van der Waals surface area contributed by atoms with E-state index < -0.39 is 0 Å². The van der Waals surface area contributed by atoms with Crippen LogP contribution in [0.3, 0.4) is 0 Å². The van der Waals surface area contributed by atoms with Crippen LogP contribution in [-0.2, 0) is 11.3 Å². The molecular formula is C21H30N4O3. The number of hydrogen-bond acceptors (Lipinski definition) is 5. The van der Waals surface area contributed by atoms with Crippen LogP contribution >= 0.6 is 0 Å². The van der Waals surface area contributed by atoms with E-state index >= 15 is 0 Å². The predicted octanol–water partition coefficient (Wildman–Crippen LogP) is 2.55. The number of nitrogens with one attached hydrogen (secondary N) is 2. The molecule has 1 aromatic carbocycles. The highest BCUT2D eigenvalue weighted by Crippen LogP contribution is 2.13. The minimum atomic E-state index is 0.00514. The van der Waals surface area contributed by atoms with E-state index in [0.717, 1.165) is 11.3 Å². The molecule has 7 nitrogen and oxygen atoms in total. The highest BCUT2D eigenvalue weighted by molar-refractivity contribution is 5.79. The molecule has 7 heteroatoms. The van der Waals surface area contributed by atoms with Crippen LogP contribution in [0.2, 0.25) is 0 Å². The van der Waals surface area contributed by atoms with Crippen LogP contribution < -0.4 is 20.1 Å². The average molecular weight is 386 g/mol. The van der Waals surface area contributed by atoms with E-state index in [-0.39, 0.29) is 6.10 Å². The van der Waals surface area contributed by atoms with Crippen molar-refractivity contribution < 1.29 is 14.2 Å². The first-order chi connectivity index (χ1) is 13.6. The molecule has 0 aliphatic rings. The molecule has 0 saturated heterocycles. The van der Waals surface area contributed by atoms with Gasteiger partial charge in [0, 0.05) is 33.0 Å². The van der Waals surface area contributed by atoms with Gasteiger partial charge in [-0.1, -0.05) is 18.2 Å². The summed E-state index contributed by atoms with van der Waals surface area (Å²) in [5.74, 6) is 2.17. The SMILES string of the molecule is CN=C(NCc1ccc(OCCOC)nc1)NCC(C)Oc1cccc(C)c1. The van der Waals surface area contributed by atoms with E-state index in [2.05, 4.69) is 33.6 Å². The number of hydrogen-bond donors (Lipinski definition) is 2. The van der Waals surface area contributed by atoms with Gasteiger partial charge in [0.05, 0.1) is 13.2 Å². The van der Waals surface area contributed by atoms with Crippen LogP contribution in [0.15, 0.2) is 47.6 Å². The number of aliphatic imine (C=N–C) groups is 1. The monoisotopic (exact) mass is 386 g/mol. The minimum absolute atomic E-state index is 0.00514. The van der Waals surface area contributed by atoms with Crippen molar-refractivity contribution in [1.82, 2.24) is 15.6 Å². The third kappa shape index (κ3) is 7.84. The van der Waals surface area contributed by atoms with Crippen LogP contribution in [0.4, 0.5) is 0 Å². The number of nitrogens with zero attached hydrogens (tertiary/aromatic N) is 2. The molecule has 2 N–H and O–H groups in total. The molecule has 0 aliphatic heterocycles. The minimum Gasteiger partial charge on any atom is -0.489 e. The van der Waals surface area contributed by atoms with Gasteiger partial charge >= 0.3 is 0 Å². The van der Waals surface area contributed by atoms with Gasteiger partial charge in [-0.3, -0.25) is 4.99 Å². The normalized spacial score (nSPS) is 12.4. The molecule has 0 radical (unpaired) electrons. The Morgan fingerprint density at radius 2 is 2.04 bits per heavy atom. The lowest BCUT2D eigenvalue weighted by atomic mass is 10.2. The van der Waals surface area contributed by atoms with Crippen LogP contribution in [0, 0.1) is 6.92 Å². The summed E-state index contributed by atoms with van der Waals surface area (Å²) in [5.41, 5.74) is 2.21. The number of aryl methyl sites for hydroxylation is 1. The molecule has 1 unspecified atom stereocenters. The molecule has 0 saturated carbocycles. The Bertz CT molecular complexity index is 735. The molecular weight excluding hydrogens is 356 g/mol. The molecule has 1 atom stereocenters. The summed E-state index contributed by atoms with van der Waals surface area (Å²) < 4.78 is 16.3. The fourth-order valence-corrected chi connectivity index (χ4v) is 2.44. The Morgan fingerprint density at radius 3 is 2.71 bits per heavy atom. The number of methoxy groups -OCH3 is 1. The van der Waals surface area contributed by atoms with Gasteiger partial charge in [-0.25, -0.2) is 4.98 Å². The smallest absolute Gasteiger partial charge is 0.213 e. The fraction of sp³-hybridized carbons (Fsp3) is 0.429. The number of guanidine groups is 1. The van der Waals surface area contributed by atoms with Crippen molar-refractivity contribution >= 4 is 5.96 Å². The van der Waals surface area contributed by atoms with Crippen molar-refractivity contribution in [3.05, 3.63) is 53.7 Å². The van der Waals surface area contributed by atoms with Crippen molar-refractivity contribution in [2.45, 2.75) is 26.5 Å². The van der Waals surface area contributed by atoms with E-state index in [1.54, 1.807) is 20.4 Å². The molecule has 0 amide bonds. The maximum atomic E-state index is 5.93. The summed E-state index contributed by atoms with van der Waals surface area (Å²) in [7, 11) is 3.38. The fourth-order valence-electron chi connectivity index (χ4n) is 2.44. The second-order valence-electron chi connectivity index (χ2n) is 6.40. The van der Waals surface area contributed by atoms with Crippen molar-refractivity contribution in [2.75, 3.05) is 33.9 Å². The third-order valence-electron chi connectivity index (χ3n) is 3.90. The highest BCUT2D eigenvalue weighted by atomic mass is 16.5. The molecule has 0 bridgehead atoms. The molecule has 28 heavy (non-hydrogen) atoms. The Kier molecular flexibility index (Phi) is 9.07. The van der Waals surface area contributed by atoms with Crippen LogP contribution in [0.25, 0.3) is 0 Å². The van der Waals surface area contributed by atoms with E-state index in [0.29, 0.717) is 38.1 Å². The molecule has 1 heterocycles. The van der Waals surface area contributed by atoms with Gasteiger partial charge in [0.1, 0.15) is 18.5 Å². The predicted molar refractivity (Wildman–Crippen MR) is 111 cm³/mol. The molecule has 0 fully saturated rings. The second kappa shape index (κ2) is 11.8.